The van der Waals surface area contributed by atoms with E-state index >= 15 is 0 Å². The Labute approximate surface area is 225 Å². The van der Waals surface area contributed by atoms with Crippen LogP contribution in [0.15, 0.2) is 70.4 Å². The van der Waals surface area contributed by atoms with E-state index in [1.807, 2.05) is 54.6 Å². The molecule has 2 N–H and O–H groups in total. The van der Waals surface area contributed by atoms with Crippen LogP contribution >= 0.6 is 27.3 Å². The number of amides is 2. The lowest BCUT2D eigenvalue weighted by Crippen LogP contribution is -2.32. The molecule has 2 heterocycles. The molecule has 0 fully saturated rings. The van der Waals surface area contributed by atoms with Crippen LogP contribution in [0.1, 0.15) is 34.4 Å². The Balaban J connectivity index is 1.33. The van der Waals surface area contributed by atoms with Gasteiger partial charge in [-0.3, -0.25) is 9.59 Å². The normalized spacial score (nSPS) is 12.6. The summed E-state index contributed by atoms with van der Waals surface area (Å²) in [4.78, 5) is 26.1. The number of aromatic nitrogens is 2. The first-order valence-corrected chi connectivity index (χ1v) is 13.2. The number of fused-ring (bicyclic) bond motifs is 1. The molecule has 1 aliphatic carbocycles. The Morgan fingerprint density at radius 2 is 1.84 bits per heavy atom. The van der Waals surface area contributed by atoms with Crippen molar-refractivity contribution in [1.29, 1.82) is 5.26 Å². The molecule has 37 heavy (non-hydrogen) atoms. The molecular weight excluding hydrogens is 552 g/mol. The molecule has 2 aromatic carbocycles. The minimum Gasteiger partial charge on any atom is -0.308 e. The minimum atomic E-state index is -0.924. The molecule has 184 valence electrons. The van der Waals surface area contributed by atoms with Gasteiger partial charge in [0.05, 0.1) is 17.5 Å². The van der Waals surface area contributed by atoms with E-state index in [9.17, 15) is 14.9 Å². The van der Waals surface area contributed by atoms with Crippen molar-refractivity contribution in [3.8, 4) is 23.0 Å². The SMILES string of the molecule is N#Cc1c(NC(=O)C(=O)NN=Cc2cn(-c3ccccc3)nc2-c2ccc(Br)cc2)sc2c1CCCC2. The minimum absolute atomic E-state index is 0.417. The van der Waals surface area contributed by atoms with Crippen LogP contribution in [0, 0.1) is 11.3 Å². The summed E-state index contributed by atoms with van der Waals surface area (Å²) in [5, 5.41) is 21.3. The van der Waals surface area contributed by atoms with Gasteiger partial charge in [-0.15, -0.1) is 11.3 Å². The van der Waals surface area contributed by atoms with Gasteiger partial charge in [0.2, 0.25) is 0 Å². The zero-order valence-corrected chi connectivity index (χ0v) is 22.0. The maximum Gasteiger partial charge on any atom is 0.329 e. The summed E-state index contributed by atoms with van der Waals surface area (Å²) in [6.07, 6.45) is 7.04. The quantitative estimate of drug-likeness (QED) is 0.194. The van der Waals surface area contributed by atoms with E-state index in [1.165, 1.54) is 17.6 Å². The highest BCUT2D eigenvalue weighted by atomic mass is 79.9. The second-order valence-electron chi connectivity index (χ2n) is 8.40. The van der Waals surface area contributed by atoms with Gasteiger partial charge in [0.15, 0.2) is 0 Å². The number of anilines is 1. The van der Waals surface area contributed by atoms with Gasteiger partial charge in [-0.1, -0.05) is 46.3 Å². The lowest BCUT2D eigenvalue weighted by Gasteiger charge is -2.09. The standard InChI is InChI=1S/C27H21BrN6O2S/c28-19-12-10-17(11-13-19)24-18(16-34(33-24)20-6-2-1-3-7-20)15-30-32-26(36)25(35)31-27-22(14-29)21-8-4-5-9-23(21)37-27/h1-3,6-7,10-13,15-16H,4-5,8-9H2,(H,31,35)(H,32,36). The number of hydrogen-bond acceptors (Lipinski definition) is 6. The van der Waals surface area contributed by atoms with E-state index in [2.05, 4.69) is 37.8 Å². The van der Waals surface area contributed by atoms with Crippen molar-refractivity contribution in [3.63, 3.8) is 0 Å². The van der Waals surface area contributed by atoms with Crippen LogP contribution in [0.5, 0.6) is 0 Å². The van der Waals surface area contributed by atoms with Gasteiger partial charge in [0.25, 0.3) is 0 Å². The Hall–Kier alpha value is -4.07. The van der Waals surface area contributed by atoms with Gasteiger partial charge < -0.3 is 5.32 Å². The molecule has 10 heteroatoms. The van der Waals surface area contributed by atoms with Crippen molar-refractivity contribution in [2.24, 2.45) is 5.10 Å². The van der Waals surface area contributed by atoms with Crippen LogP contribution in [0.3, 0.4) is 0 Å². The Morgan fingerprint density at radius 3 is 2.59 bits per heavy atom. The van der Waals surface area contributed by atoms with Crippen LogP contribution in [-0.4, -0.2) is 27.8 Å². The Morgan fingerprint density at radius 1 is 1.08 bits per heavy atom. The van der Waals surface area contributed by atoms with Crippen LogP contribution in [0.25, 0.3) is 16.9 Å². The molecule has 0 aliphatic heterocycles. The first-order chi connectivity index (χ1) is 18.0. The van der Waals surface area contributed by atoms with Gasteiger partial charge in [0, 0.05) is 26.7 Å². The lowest BCUT2D eigenvalue weighted by atomic mass is 9.96. The number of halogens is 1. The smallest absolute Gasteiger partial charge is 0.308 e. The number of nitriles is 1. The van der Waals surface area contributed by atoms with E-state index in [1.54, 1.807) is 10.9 Å². The van der Waals surface area contributed by atoms with E-state index in [4.69, 9.17) is 5.10 Å². The number of benzene rings is 2. The highest BCUT2D eigenvalue weighted by molar-refractivity contribution is 9.10. The van der Waals surface area contributed by atoms with E-state index in [-0.39, 0.29) is 0 Å². The third-order valence-electron chi connectivity index (χ3n) is 5.97. The molecule has 0 bridgehead atoms. The lowest BCUT2D eigenvalue weighted by molar-refractivity contribution is -0.136. The molecular formula is C27H21BrN6O2S. The summed E-state index contributed by atoms with van der Waals surface area (Å²) in [5.74, 6) is -1.80. The number of para-hydroxylation sites is 1. The fourth-order valence-electron chi connectivity index (χ4n) is 4.17. The topological polar surface area (TPSA) is 112 Å². The van der Waals surface area contributed by atoms with Crippen molar-refractivity contribution in [1.82, 2.24) is 15.2 Å². The zero-order chi connectivity index (χ0) is 25.8. The van der Waals surface area contributed by atoms with Gasteiger partial charge in [0.1, 0.15) is 16.8 Å². The van der Waals surface area contributed by atoms with E-state index in [0.717, 1.165) is 51.8 Å². The predicted molar refractivity (Wildman–Crippen MR) is 147 cm³/mol. The third-order valence-corrected chi connectivity index (χ3v) is 7.70. The molecule has 4 aromatic rings. The number of aryl methyl sites for hydroxylation is 1. The van der Waals surface area contributed by atoms with E-state index < -0.39 is 11.8 Å². The Kier molecular flexibility index (Phi) is 7.25. The second kappa shape index (κ2) is 10.9. The summed E-state index contributed by atoms with van der Waals surface area (Å²) >= 11 is 4.81. The molecule has 0 spiro atoms. The molecule has 8 nitrogen and oxygen atoms in total. The average Bonchev–Trinajstić information content (AvgIpc) is 3.50. The largest absolute Gasteiger partial charge is 0.329 e. The fraction of sp³-hybridized carbons (Fsp3) is 0.148. The highest BCUT2D eigenvalue weighted by Gasteiger charge is 2.23. The van der Waals surface area contributed by atoms with Gasteiger partial charge >= 0.3 is 11.8 Å². The van der Waals surface area contributed by atoms with Crippen molar-refractivity contribution in [2.75, 3.05) is 5.32 Å². The molecule has 1 aliphatic rings. The molecule has 2 amide bonds. The molecule has 0 unspecified atom stereocenters. The number of thiophene rings is 1. The van der Waals surface area contributed by atoms with E-state index in [0.29, 0.717) is 21.8 Å². The maximum absolute atomic E-state index is 12.5. The van der Waals surface area contributed by atoms with Crippen LogP contribution in [0.4, 0.5) is 5.00 Å². The number of nitrogens with zero attached hydrogens (tertiary/aromatic N) is 4. The van der Waals surface area contributed by atoms with Crippen LogP contribution < -0.4 is 10.7 Å². The highest BCUT2D eigenvalue weighted by Crippen LogP contribution is 2.37. The number of nitrogens with one attached hydrogen (secondary N) is 2. The maximum atomic E-state index is 12.5. The molecule has 5 rings (SSSR count). The van der Waals surface area contributed by atoms with Crippen molar-refractivity contribution in [2.45, 2.75) is 25.7 Å². The van der Waals surface area contributed by atoms with Crippen molar-refractivity contribution in [3.05, 3.63) is 86.8 Å². The average molecular weight is 573 g/mol. The Bertz CT molecular complexity index is 1530. The molecule has 0 saturated heterocycles. The monoisotopic (exact) mass is 572 g/mol. The number of hydrazone groups is 1. The second-order valence-corrected chi connectivity index (χ2v) is 10.4. The fourth-order valence-corrected chi connectivity index (χ4v) is 5.67. The molecule has 0 atom stereocenters. The van der Waals surface area contributed by atoms with Gasteiger partial charge in [-0.05, 0) is 55.5 Å². The summed E-state index contributed by atoms with van der Waals surface area (Å²) in [5.41, 5.74) is 6.79. The molecule has 0 radical (unpaired) electrons. The summed E-state index contributed by atoms with van der Waals surface area (Å²) in [6.45, 7) is 0. The van der Waals surface area contributed by atoms with Crippen molar-refractivity contribution >= 4 is 50.3 Å². The first kappa shape index (κ1) is 24.6. The zero-order valence-electron chi connectivity index (χ0n) is 19.6. The number of carbonyl (C=O) groups is 2. The number of carbonyl (C=O) groups excluding carboxylic acids is 2. The van der Waals surface area contributed by atoms with Crippen molar-refractivity contribution < 1.29 is 9.59 Å². The molecule has 0 saturated carbocycles. The number of hydrogen-bond donors (Lipinski definition) is 2. The first-order valence-electron chi connectivity index (χ1n) is 11.6. The summed E-state index contributed by atoms with van der Waals surface area (Å²) in [6, 6.07) is 19.5. The molecule has 2 aromatic heterocycles. The predicted octanol–water partition coefficient (Wildman–Crippen LogP) is 5.20. The van der Waals surface area contributed by atoms with Gasteiger partial charge in [-0.25, -0.2) is 10.1 Å². The summed E-state index contributed by atoms with van der Waals surface area (Å²) in [7, 11) is 0. The number of rotatable bonds is 5. The van der Waals surface area contributed by atoms with Crippen LogP contribution in [0.2, 0.25) is 0 Å². The third kappa shape index (κ3) is 5.38. The van der Waals surface area contributed by atoms with Crippen LogP contribution in [-0.2, 0) is 22.4 Å². The summed E-state index contributed by atoms with van der Waals surface area (Å²) < 4.78 is 2.67. The van der Waals surface area contributed by atoms with Gasteiger partial charge in [-0.2, -0.15) is 15.5 Å².